The molecule has 0 spiro atoms. The van der Waals surface area contributed by atoms with Crippen molar-refractivity contribution in [1.82, 2.24) is 9.55 Å². The molecule has 0 radical (unpaired) electrons. The van der Waals surface area contributed by atoms with E-state index in [-0.39, 0.29) is 6.04 Å². The van der Waals surface area contributed by atoms with Crippen molar-refractivity contribution in [3.63, 3.8) is 0 Å². The van der Waals surface area contributed by atoms with Crippen LogP contribution in [-0.2, 0) is 7.05 Å². The van der Waals surface area contributed by atoms with E-state index in [0.29, 0.717) is 5.02 Å². The molecule has 21 heavy (non-hydrogen) atoms. The highest BCUT2D eigenvalue weighted by Gasteiger charge is 2.15. The van der Waals surface area contributed by atoms with E-state index in [2.05, 4.69) is 4.98 Å². The van der Waals surface area contributed by atoms with Crippen molar-refractivity contribution in [3.05, 3.63) is 47.2 Å². The van der Waals surface area contributed by atoms with Crippen LogP contribution in [0.4, 0.5) is 5.69 Å². The molecule has 0 bridgehead atoms. The number of anilines is 1. The zero-order valence-corrected chi connectivity index (χ0v) is 12.7. The predicted molar refractivity (Wildman–Crippen MR) is 88.2 cm³/mol. The summed E-state index contributed by atoms with van der Waals surface area (Å²) >= 11 is 6.08. The number of aryl methyl sites for hydroxylation is 1. The first-order valence-corrected chi connectivity index (χ1v) is 7.11. The Labute approximate surface area is 128 Å². The summed E-state index contributed by atoms with van der Waals surface area (Å²) in [6, 6.07) is 7.67. The normalized spacial score (nSPS) is 12.8. The fourth-order valence-corrected chi connectivity index (χ4v) is 2.79. The summed E-state index contributed by atoms with van der Waals surface area (Å²) in [5.74, 6) is 0. The SMILES string of the molecule is CC(N)c1cncc(-c2c(N)c3ccc(Cl)cc3n2C)c1. The molecule has 4 nitrogen and oxygen atoms in total. The summed E-state index contributed by atoms with van der Waals surface area (Å²) < 4.78 is 2.04. The third-order valence-corrected chi connectivity index (χ3v) is 4.00. The molecule has 2 aromatic heterocycles. The molecule has 0 fully saturated rings. The minimum atomic E-state index is -0.0668. The van der Waals surface area contributed by atoms with Gasteiger partial charge in [0.25, 0.3) is 0 Å². The van der Waals surface area contributed by atoms with Gasteiger partial charge >= 0.3 is 0 Å². The van der Waals surface area contributed by atoms with Crippen LogP contribution in [0.5, 0.6) is 0 Å². The second kappa shape index (κ2) is 5.06. The van der Waals surface area contributed by atoms with Gasteiger partial charge in [0, 0.05) is 41.5 Å². The van der Waals surface area contributed by atoms with E-state index in [0.717, 1.165) is 33.4 Å². The highest BCUT2D eigenvalue weighted by atomic mass is 35.5. The summed E-state index contributed by atoms with van der Waals surface area (Å²) in [5.41, 5.74) is 16.9. The lowest BCUT2D eigenvalue weighted by Crippen LogP contribution is -2.06. The number of nitrogen functional groups attached to an aromatic ring is 1. The Morgan fingerprint density at radius 1 is 1.24 bits per heavy atom. The highest BCUT2D eigenvalue weighted by Crippen LogP contribution is 2.36. The summed E-state index contributed by atoms with van der Waals surface area (Å²) in [6.45, 7) is 1.94. The molecule has 2 heterocycles. The maximum absolute atomic E-state index is 6.33. The van der Waals surface area contributed by atoms with Gasteiger partial charge in [-0.2, -0.15) is 0 Å². The second-order valence-corrected chi connectivity index (χ2v) is 5.71. The maximum atomic E-state index is 6.33. The first kappa shape index (κ1) is 13.9. The van der Waals surface area contributed by atoms with Crippen LogP contribution in [0.2, 0.25) is 5.02 Å². The molecule has 1 unspecified atom stereocenters. The Morgan fingerprint density at radius 2 is 2.00 bits per heavy atom. The van der Waals surface area contributed by atoms with Gasteiger partial charge in [0.15, 0.2) is 0 Å². The smallest absolute Gasteiger partial charge is 0.0738 e. The average molecular weight is 301 g/mol. The lowest BCUT2D eigenvalue weighted by atomic mass is 10.1. The van der Waals surface area contributed by atoms with Gasteiger partial charge in [-0.3, -0.25) is 4.98 Å². The second-order valence-electron chi connectivity index (χ2n) is 5.28. The summed E-state index contributed by atoms with van der Waals surface area (Å²) in [6.07, 6.45) is 3.59. The molecular weight excluding hydrogens is 284 g/mol. The van der Waals surface area contributed by atoms with Crippen LogP contribution in [0.15, 0.2) is 36.7 Å². The Morgan fingerprint density at radius 3 is 2.71 bits per heavy atom. The van der Waals surface area contributed by atoms with E-state index < -0.39 is 0 Å². The van der Waals surface area contributed by atoms with Crippen molar-refractivity contribution in [1.29, 1.82) is 0 Å². The summed E-state index contributed by atoms with van der Waals surface area (Å²) in [7, 11) is 1.98. The topological polar surface area (TPSA) is 69.9 Å². The molecule has 5 heteroatoms. The third-order valence-electron chi connectivity index (χ3n) is 3.76. The standard InChI is InChI=1S/C16H17ClN4/c1-9(18)10-5-11(8-20-7-10)16-15(19)13-4-3-12(17)6-14(13)21(16)2/h3-9H,18-19H2,1-2H3. The van der Waals surface area contributed by atoms with E-state index in [9.17, 15) is 0 Å². The number of fused-ring (bicyclic) bond motifs is 1. The lowest BCUT2D eigenvalue weighted by Gasteiger charge is -2.09. The van der Waals surface area contributed by atoms with Gasteiger partial charge in [0.1, 0.15) is 0 Å². The van der Waals surface area contributed by atoms with Crippen LogP contribution in [0, 0.1) is 0 Å². The first-order valence-electron chi connectivity index (χ1n) is 6.73. The fraction of sp³-hybridized carbons (Fsp3) is 0.188. The molecule has 0 saturated heterocycles. The van der Waals surface area contributed by atoms with Crippen LogP contribution in [0.1, 0.15) is 18.5 Å². The molecule has 3 rings (SSSR count). The highest BCUT2D eigenvalue weighted by molar-refractivity contribution is 6.31. The van der Waals surface area contributed by atoms with E-state index >= 15 is 0 Å². The minimum absolute atomic E-state index is 0.0668. The molecule has 4 N–H and O–H groups in total. The third kappa shape index (κ3) is 2.26. The average Bonchev–Trinajstić information content (AvgIpc) is 2.70. The van der Waals surface area contributed by atoms with Crippen molar-refractivity contribution in [3.8, 4) is 11.3 Å². The van der Waals surface area contributed by atoms with Crippen LogP contribution in [-0.4, -0.2) is 9.55 Å². The molecule has 0 aliphatic carbocycles. The van der Waals surface area contributed by atoms with E-state index in [1.165, 1.54) is 0 Å². The zero-order chi connectivity index (χ0) is 15.1. The minimum Gasteiger partial charge on any atom is -0.396 e. The number of rotatable bonds is 2. The van der Waals surface area contributed by atoms with Gasteiger partial charge in [0.2, 0.25) is 0 Å². The van der Waals surface area contributed by atoms with Crippen molar-refractivity contribution in [2.24, 2.45) is 12.8 Å². The molecule has 108 valence electrons. The van der Waals surface area contributed by atoms with E-state index in [1.807, 2.05) is 42.8 Å². The van der Waals surface area contributed by atoms with Gasteiger partial charge in [-0.25, -0.2) is 0 Å². The Hall–Kier alpha value is -2.04. The summed E-state index contributed by atoms with van der Waals surface area (Å²) in [5, 5.41) is 1.68. The Balaban J connectivity index is 2.28. The molecular formula is C16H17ClN4. The van der Waals surface area contributed by atoms with Gasteiger partial charge in [-0.05, 0) is 36.8 Å². The van der Waals surface area contributed by atoms with Gasteiger partial charge in [0.05, 0.1) is 16.9 Å². The van der Waals surface area contributed by atoms with Crippen LogP contribution >= 0.6 is 11.6 Å². The van der Waals surface area contributed by atoms with Gasteiger partial charge < -0.3 is 16.0 Å². The number of halogens is 1. The van der Waals surface area contributed by atoms with Crippen molar-refractivity contribution in [2.45, 2.75) is 13.0 Å². The largest absolute Gasteiger partial charge is 0.396 e. The predicted octanol–water partition coefficient (Wildman–Crippen LogP) is 3.50. The molecule has 0 amide bonds. The molecule has 0 aliphatic heterocycles. The fourth-order valence-electron chi connectivity index (χ4n) is 2.62. The zero-order valence-electron chi connectivity index (χ0n) is 12.0. The van der Waals surface area contributed by atoms with Gasteiger partial charge in [-0.1, -0.05) is 11.6 Å². The van der Waals surface area contributed by atoms with E-state index in [4.69, 9.17) is 23.1 Å². The first-order chi connectivity index (χ1) is 9.99. The quantitative estimate of drug-likeness (QED) is 0.761. The molecule has 0 aliphatic rings. The van der Waals surface area contributed by atoms with Gasteiger partial charge in [-0.15, -0.1) is 0 Å². The number of hydrogen-bond donors (Lipinski definition) is 2. The van der Waals surface area contributed by atoms with Crippen molar-refractivity contribution in [2.75, 3.05) is 5.73 Å². The maximum Gasteiger partial charge on any atom is 0.0738 e. The lowest BCUT2D eigenvalue weighted by molar-refractivity contribution is 0.811. The number of hydrogen-bond acceptors (Lipinski definition) is 3. The molecule has 1 atom stereocenters. The summed E-state index contributed by atoms with van der Waals surface area (Å²) in [4.78, 5) is 4.28. The molecule has 0 saturated carbocycles. The number of pyridine rings is 1. The number of benzene rings is 1. The monoisotopic (exact) mass is 300 g/mol. The van der Waals surface area contributed by atoms with Crippen LogP contribution in [0.25, 0.3) is 22.2 Å². The van der Waals surface area contributed by atoms with Crippen molar-refractivity contribution >= 4 is 28.2 Å². The molecule has 3 aromatic rings. The number of nitrogens with two attached hydrogens (primary N) is 2. The molecule has 1 aromatic carbocycles. The Bertz CT molecular complexity index is 821. The Kier molecular flexibility index (Phi) is 3.35. The van der Waals surface area contributed by atoms with E-state index in [1.54, 1.807) is 12.4 Å². The van der Waals surface area contributed by atoms with Crippen LogP contribution in [0.3, 0.4) is 0 Å². The number of aromatic nitrogens is 2. The van der Waals surface area contributed by atoms with Crippen molar-refractivity contribution < 1.29 is 0 Å². The number of nitrogens with zero attached hydrogens (tertiary/aromatic N) is 2. The van der Waals surface area contributed by atoms with Crippen LogP contribution < -0.4 is 11.5 Å².